The molecule has 0 spiro atoms. The Morgan fingerprint density at radius 1 is 0.848 bits per heavy atom. The lowest BCUT2D eigenvalue weighted by Gasteiger charge is -2.46. The molecule has 1 saturated heterocycles. The number of hydrogen-bond donors (Lipinski definition) is 8. The second kappa shape index (κ2) is 14.5. The van der Waals surface area contributed by atoms with Crippen LogP contribution in [0.3, 0.4) is 0 Å². The number of phenols is 4. The summed E-state index contributed by atoms with van der Waals surface area (Å²) < 4.78 is 0. The minimum atomic E-state index is -1.21. The van der Waals surface area contributed by atoms with Crippen molar-refractivity contribution in [3.05, 3.63) is 58.8 Å². The van der Waals surface area contributed by atoms with Crippen LogP contribution in [0.2, 0.25) is 0 Å². The van der Waals surface area contributed by atoms with Gasteiger partial charge in [0.25, 0.3) is 11.8 Å². The molecule has 14 heteroatoms. The second-order valence-electron chi connectivity index (χ2n) is 11.7. The van der Waals surface area contributed by atoms with Gasteiger partial charge in [-0.05, 0) is 74.7 Å². The highest BCUT2D eigenvalue weighted by atomic mass is 16.4. The first-order chi connectivity index (χ1) is 21.8. The van der Waals surface area contributed by atoms with E-state index in [1.807, 2.05) is 11.8 Å². The summed E-state index contributed by atoms with van der Waals surface area (Å²) in [6.07, 6.45) is 0.766. The molecule has 2 aromatic rings. The van der Waals surface area contributed by atoms with Crippen molar-refractivity contribution in [1.82, 2.24) is 20.4 Å². The number of aliphatic hydroxyl groups is 1. The zero-order valence-electron chi connectivity index (χ0n) is 25.6. The molecule has 2 aromatic carbocycles. The molecule has 0 aromatic heterocycles. The Labute approximate surface area is 265 Å². The van der Waals surface area contributed by atoms with Crippen molar-refractivity contribution < 1.29 is 49.8 Å². The molecule has 3 amide bonds. The van der Waals surface area contributed by atoms with Crippen LogP contribution in [-0.4, -0.2) is 109 Å². The van der Waals surface area contributed by atoms with Crippen LogP contribution in [0.5, 0.6) is 23.0 Å². The number of amides is 3. The van der Waals surface area contributed by atoms with Crippen LogP contribution in [0.25, 0.3) is 0 Å². The maximum atomic E-state index is 12.8. The molecule has 2 heterocycles. The summed E-state index contributed by atoms with van der Waals surface area (Å²) >= 11 is 0. The fourth-order valence-electron chi connectivity index (χ4n) is 6.06. The third-order valence-electron chi connectivity index (χ3n) is 8.51. The molecule has 0 aliphatic carbocycles. The van der Waals surface area contributed by atoms with Gasteiger partial charge < -0.3 is 46.2 Å². The van der Waals surface area contributed by atoms with Gasteiger partial charge in [0.2, 0.25) is 5.91 Å². The number of carboxylic acid groups (broad SMARTS) is 1. The van der Waals surface area contributed by atoms with Crippen molar-refractivity contribution in [3.63, 3.8) is 0 Å². The highest BCUT2D eigenvalue weighted by Crippen LogP contribution is 2.47. The number of rotatable bonds is 15. The number of hydrogen-bond acceptors (Lipinski definition) is 10. The first-order valence-electron chi connectivity index (χ1n) is 15.1. The Morgan fingerprint density at radius 3 is 1.87 bits per heavy atom. The van der Waals surface area contributed by atoms with Crippen molar-refractivity contribution in [3.8, 4) is 23.0 Å². The van der Waals surface area contributed by atoms with E-state index in [1.165, 1.54) is 42.2 Å². The monoisotopic (exact) mass is 640 g/mol. The third kappa shape index (κ3) is 7.35. The molecule has 46 heavy (non-hydrogen) atoms. The van der Waals surface area contributed by atoms with Crippen molar-refractivity contribution >= 4 is 23.7 Å². The molecule has 14 nitrogen and oxygen atoms in total. The Hall–Kier alpha value is -4.82. The molecule has 0 saturated carbocycles. The highest BCUT2D eigenvalue weighted by molar-refractivity contribution is 6.00. The Morgan fingerprint density at radius 2 is 1.37 bits per heavy atom. The van der Waals surface area contributed by atoms with Crippen molar-refractivity contribution in [2.75, 3.05) is 32.7 Å². The Bertz CT molecular complexity index is 1520. The summed E-state index contributed by atoms with van der Waals surface area (Å²) in [4.78, 5) is 53.3. The fraction of sp³-hybridized carbons (Fsp3) is 0.438. The normalized spacial score (nSPS) is 19.5. The predicted molar refractivity (Wildman–Crippen MR) is 164 cm³/mol. The van der Waals surface area contributed by atoms with Gasteiger partial charge in [0, 0.05) is 43.2 Å². The molecule has 0 bridgehead atoms. The number of aromatic hydroxyl groups is 4. The van der Waals surface area contributed by atoms with Crippen LogP contribution >= 0.6 is 0 Å². The maximum absolute atomic E-state index is 12.8. The summed E-state index contributed by atoms with van der Waals surface area (Å²) in [6.45, 7) is 5.18. The third-order valence-corrected chi connectivity index (χ3v) is 8.51. The molecule has 0 radical (unpaired) electrons. The number of fused-ring (bicyclic) bond motifs is 1. The number of benzene rings is 2. The summed E-state index contributed by atoms with van der Waals surface area (Å²) in [6, 6.07) is 7.10. The standard InChI is InChI=1S/C32H40N4O10/c1-17-21(28(32(45)46)36-27(17)26(18(2)37)31(36)44)16-35(13-5-11-34-30(43)20-7-9-23(39)25(41)15-20)12-4-3-10-33-29(42)19-6-8-22(38)24(40)14-19/h6-9,14-15,17-18,26-27,37-41H,3-5,10-13,16H2,1-2H3,(H,33,42)(H,34,43)(H,45,46)/t17-,18+,26?,27+/m0/s1. The average molecular weight is 641 g/mol. The predicted octanol–water partition coefficient (Wildman–Crippen LogP) is 1.34. The van der Waals surface area contributed by atoms with E-state index < -0.39 is 53.3 Å². The lowest BCUT2D eigenvalue weighted by molar-refractivity contribution is -0.163. The van der Waals surface area contributed by atoms with E-state index in [-0.39, 0.29) is 47.3 Å². The van der Waals surface area contributed by atoms with Crippen LogP contribution in [-0.2, 0) is 9.59 Å². The average Bonchev–Trinajstić information content (AvgIpc) is 3.24. The molecule has 8 N–H and O–H groups in total. The number of nitrogens with zero attached hydrogens (tertiary/aromatic N) is 2. The summed E-state index contributed by atoms with van der Waals surface area (Å²) in [5, 5.41) is 64.0. The van der Waals surface area contributed by atoms with Gasteiger partial charge in [0.1, 0.15) is 5.70 Å². The van der Waals surface area contributed by atoms with Crippen molar-refractivity contribution in [1.29, 1.82) is 0 Å². The zero-order valence-corrected chi connectivity index (χ0v) is 25.6. The number of carbonyl (C=O) groups is 4. The largest absolute Gasteiger partial charge is 0.504 e. The van der Waals surface area contributed by atoms with E-state index in [2.05, 4.69) is 10.6 Å². The summed E-state index contributed by atoms with van der Waals surface area (Å²) in [5.41, 5.74) is 0.890. The van der Waals surface area contributed by atoms with Gasteiger partial charge in [0.05, 0.1) is 18.1 Å². The lowest BCUT2D eigenvalue weighted by atomic mass is 9.77. The second-order valence-corrected chi connectivity index (χ2v) is 11.7. The smallest absolute Gasteiger partial charge is 0.352 e. The topological polar surface area (TPSA) is 220 Å². The van der Waals surface area contributed by atoms with Crippen LogP contribution in [0, 0.1) is 11.8 Å². The van der Waals surface area contributed by atoms with Crippen LogP contribution < -0.4 is 10.6 Å². The number of β-lactam (4-membered cyclic amide) rings is 1. The van der Waals surface area contributed by atoms with Gasteiger partial charge in [-0.1, -0.05) is 6.92 Å². The maximum Gasteiger partial charge on any atom is 0.352 e. The molecule has 2 aliphatic heterocycles. The Balaban J connectivity index is 1.38. The minimum Gasteiger partial charge on any atom is -0.504 e. The molecule has 1 fully saturated rings. The van der Waals surface area contributed by atoms with Gasteiger partial charge in [-0.2, -0.15) is 0 Å². The number of aliphatic hydroxyl groups excluding tert-OH is 1. The SMILES string of the molecule is C[C@@H](O)C1C(=O)N2C(C(=O)O)=C(CN(CCCCNC(=O)c3ccc(O)c(O)c3)CCCNC(=O)c3ccc(O)c(O)c3)[C@H](C)[C@H]12. The number of unbranched alkanes of at least 4 members (excludes halogenated alkanes) is 1. The summed E-state index contributed by atoms with van der Waals surface area (Å²) in [5.74, 6) is -4.93. The first-order valence-corrected chi connectivity index (χ1v) is 15.1. The van der Waals surface area contributed by atoms with Crippen LogP contribution in [0.15, 0.2) is 47.7 Å². The van der Waals surface area contributed by atoms with E-state index in [9.17, 15) is 49.8 Å². The fourth-order valence-corrected chi connectivity index (χ4v) is 6.06. The highest BCUT2D eigenvalue weighted by Gasteiger charge is 2.59. The van der Waals surface area contributed by atoms with E-state index in [1.54, 1.807) is 0 Å². The van der Waals surface area contributed by atoms with E-state index >= 15 is 0 Å². The molecule has 4 atom stereocenters. The van der Waals surface area contributed by atoms with Gasteiger partial charge in [0.15, 0.2) is 23.0 Å². The lowest BCUT2D eigenvalue weighted by Crippen LogP contribution is -2.63. The van der Waals surface area contributed by atoms with Crippen molar-refractivity contribution in [2.45, 2.75) is 45.3 Å². The van der Waals surface area contributed by atoms with E-state index in [0.717, 1.165) is 6.07 Å². The van der Waals surface area contributed by atoms with Gasteiger partial charge in [-0.25, -0.2) is 4.79 Å². The number of carbonyl (C=O) groups excluding carboxylic acids is 3. The molecule has 4 rings (SSSR count). The van der Waals surface area contributed by atoms with E-state index in [0.29, 0.717) is 44.5 Å². The summed E-state index contributed by atoms with van der Waals surface area (Å²) in [7, 11) is 0. The van der Waals surface area contributed by atoms with Gasteiger partial charge in [-0.3, -0.25) is 19.3 Å². The molecule has 1 unspecified atom stereocenters. The molecule has 2 aliphatic rings. The number of carboxylic acids is 1. The number of phenolic OH excluding ortho intramolecular Hbond substituents is 4. The van der Waals surface area contributed by atoms with Gasteiger partial charge in [-0.15, -0.1) is 0 Å². The quantitative estimate of drug-likeness (QED) is 0.0788. The van der Waals surface area contributed by atoms with Gasteiger partial charge >= 0.3 is 5.97 Å². The van der Waals surface area contributed by atoms with Crippen molar-refractivity contribution in [2.24, 2.45) is 11.8 Å². The molecular formula is C32H40N4O10. The number of aliphatic carboxylic acids is 1. The van der Waals surface area contributed by atoms with Crippen LogP contribution in [0.1, 0.15) is 53.8 Å². The molecule has 248 valence electrons. The minimum absolute atomic E-state index is 0.0609. The molecular weight excluding hydrogens is 600 g/mol. The zero-order chi connectivity index (χ0) is 33.7. The Kier molecular flexibility index (Phi) is 10.7. The van der Waals surface area contributed by atoms with Crippen LogP contribution in [0.4, 0.5) is 0 Å². The van der Waals surface area contributed by atoms with E-state index in [4.69, 9.17) is 0 Å². The number of nitrogens with one attached hydrogen (secondary N) is 2. The first kappa shape index (κ1) is 34.1.